The van der Waals surface area contributed by atoms with Crippen LogP contribution in [-0.2, 0) is 26.3 Å². The van der Waals surface area contributed by atoms with E-state index >= 15 is 0 Å². The van der Waals surface area contributed by atoms with E-state index in [0.717, 1.165) is 22.9 Å². The minimum atomic E-state index is -4.19. The highest BCUT2D eigenvalue weighted by molar-refractivity contribution is 7.91. The van der Waals surface area contributed by atoms with E-state index in [0.29, 0.717) is 73.8 Å². The number of hydrogen-bond acceptors (Lipinski definition) is 7. The van der Waals surface area contributed by atoms with Crippen LogP contribution in [0.25, 0.3) is 0 Å². The fourth-order valence-corrected chi connectivity index (χ4v) is 6.16. The molecule has 0 unspecified atom stereocenters. The third-order valence-electron chi connectivity index (χ3n) is 7.27. The number of halogens is 2. The van der Waals surface area contributed by atoms with Crippen LogP contribution in [0.15, 0.2) is 30.3 Å². The number of piperidine rings is 1. The van der Waals surface area contributed by atoms with Crippen LogP contribution < -0.4 is 13.9 Å². The van der Waals surface area contributed by atoms with Gasteiger partial charge in [-0.25, -0.2) is 14.1 Å². The summed E-state index contributed by atoms with van der Waals surface area (Å²) in [7, 11) is -2.91. The Morgan fingerprint density at radius 1 is 1.18 bits per heavy atom. The Morgan fingerprint density at radius 2 is 1.85 bits per heavy atom. The number of Topliss-reactive ketones (excluding diaryl/α,β-unsaturated/α-hetero) is 1. The highest BCUT2D eigenvalue weighted by Gasteiger charge is 2.32. The van der Waals surface area contributed by atoms with E-state index in [1.54, 1.807) is 11.0 Å². The van der Waals surface area contributed by atoms with Gasteiger partial charge in [-0.2, -0.15) is 8.42 Å². The van der Waals surface area contributed by atoms with Crippen molar-refractivity contribution in [2.45, 2.75) is 52.0 Å². The molecule has 1 N–H and O–H groups in total. The van der Waals surface area contributed by atoms with Crippen molar-refractivity contribution in [3.63, 3.8) is 0 Å². The van der Waals surface area contributed by atoms with Gasteiger partial charge in [-0.3, -0.25) is 18.7 Å². The number of aromatic nitrogens is 1. The van der Waals surface area contributed by atoms with Crippen LogP contribution in [-0.4, -0.2) is 62.6 Å². The number of ketones is 1. The van der Waals surface area contributed by atoms with Gasteiger partial charge in [0.15, 0.2) is 5.78 Å². The van der Waals surface area contributed by atoms with Gasteiger partial charge in [0.2, 0.25) is 11.8 Å². The fraction of sp³-hybridized carbons (Fsp3) is 0.481. The first-order valence-electron chi connectivity index (χ1n) is 13.3. The number of nitrogens with one attached hydrogen (secondary N) is 1. The van der Waals surface area contributed by atoms with Crippen molar-refractivity contribution in [2.75, 3.05) is 35.9 Å². The summed E-state index contributed by atoms with van der Waals surface area (Å²) in [6.07, 6.45) is 2.97. The molecule has 2 aromatic rings. The van der Waals surface area contributed by atoms with Gasteiger partial charge in [0.05, 0.1) is 22.9 Å². The molecule has 2 fully saturated rings. The molecule has 2 aliphatic rings. The molecule has 13 heteroatoms. The largest absolute Gasteiger partial charge is 0.355 e. The smallest absolute Gasteiger partial charge is 0.325 e. The second kappa shape index (κ2) is 12.5. The van der Waals surface area contributed by atoms with E-state index < -0.39 is 27.9 Å². The molecule has 40 heavy (non-hydrogen) atoms. The van der Waals surface area contributed by atoms with Crippen molar-refractivity contribution < 1.29 is 27.2 Å². The van der Waals surface area contributed by atoms with Crippen LogP contribution >= 0.6 is 11.6 Å². The van der Waals surface area contributed by atoms with Crippen LogP contribution in [0.2, 0.25) is 5.02 Å². The van der Waals surface area contributed by atoms with E-state index in [1.807, 2.05) is 11.8 Å². The number of nitrogens with zero attached hydrogens (tertiary/aromatic N) is 4. The number of pyridine rings is 1. The van der Waals surface area contributed by atoms with Crippen LogP contribution in [0, 0.1) is 11.7 Å². The lowest BCUT2D eigenvalue weighted by atomic mass is 9.96. The Bertz CT molecular complexity index is 1380. The monoisotopic (exact) mass is 593 g/mol. The molecular weight excluding hydrogens is 561 g/mol. The second-order valence-electron chi connectivity index (χ2n) is 10.1. The van der Waals surface area contributed by atoms with Crippen molar-refractivity contribution in [3.8, 4) is 0 Å². The Labute approximate surface area is 238 Å². The summed E-state index contributed by atoms with van der Waals surface area (Å²) in [5, 5.41) is 0.308. The predicted octanol–water partition coefficient (Wildman–Crippen LogP) is 3.69. The molecular formula is C27H33ClFN5O5S. The van der Waals surface area contributed by atoms with Crippen molar-refractivity contribution in [3.05, 3.63) is 52.4 Å². The van der Waals surface area contributed by atoms with Gasteiger partial charge in [-0.05, 0) is 56.0 Å². The first-order chi connectivity index (χ1) is 19.0. The molecule has 2 aliphatic heterocycles. The Kier molecular flexibility index (Phi) is 9.29. The average molecular weight is 594 g/mol. The lowest BCUT2D eigenvalue weighted by Gasteiger charge is -2.33. The molecule has 2 amide bonds. The summed E-state index contributed by atoms with van der Waals surface area (Å²) < 4.78 is 41.7. The predicted molar refractivity (Wildman–Crippen MR) is 150 cm³/mol. The summed E-state index contributed by atoms with van der Waals surface area (Å²) in [6, 6.07) is 6.51. The number of carbonyl (C=O) groups is 3. The van der Waals surface area contributed by atoms with Crippen LogP contribution in [0.4, 0.5) is 15.9 Å². The Hall–Kier alpha value is -3.25. The molecule has 0 bridgehead atoms. The number of anilines is 2. The maximum atomic E-state index is 13.2. The zero-order valence-corrected chi connectivity index (χ0v) is 24.1. The number of benzene rings is 1. The average Bonchev–Trinajstić information content (AvgIpc) is 3.33. The van der Waals surface area contributed by atoms with Gasteiger partial charge >= 0.3 is 10.2 Å². The van der Waals surface area contributed by atoms with Crippen LogP contribution in [0.1, 0.15) is 61.5 Å². The van der Waals surface area contributed by atoms with E-state index in [1.165, 1.54) is 19.2 Å². The normalized spacial score (nSPS) is 16.4. The number of amides is 2. The minimum absolute atomic E-state index is 0.0269. The van der Waals surface area contributed by atoms with Gasteiger partial charge in [0, 0.05) is 51.0 Å². The van der Waals surface area contributed by atoms with Crippen LogP contribution in [0.3, 0.4) is 0 Å². The first kappa shape index (κ1) is 29.7. The SMILES string of the molecule is CCCC(=O)c1cc(Cl)c(N2CCC(C(=O)NS(=O)(=O)N(C)c3ccc(F)cc3)CC2)nc1CN1CCCC1=O. The van der Waals surface area contributed by atoms with Crippen molar-refractivity contribution in [1.29, 1.82) is 0 Å². The Balaban J connectivity index is 1.45. The molecule has 4 rings (SSSR count). The number of carbonyl (C=O) groups excluding carboxylic acids is 3. The highest BCUT2D eigenvalue weighted by Crippen LogP contribution is 2.32. The van der Waals surface area contributed by atoms with E-state index in [2.05, 4.69) is 4.72 Å². The van der Waals surface area contributed by atoms with Gasteiger partial charge < -0.3 is 9.80 Å². The molecule has 1 aromatic heterocycles. The van der Waals surface area contributed by atoms with Gasteiger partial charge in [-0.1, -0.05) is 18.5 Å². The molecule has 0 radical (unpaired) electrons. The highest BCUT2D eigenvalue weighted by atomic mass is 35.5. The molecule has 0 aliphatic carbocycles. The van der Waals surface area contributed by atoms with Gasteiger partial charge in [0.25, 0.3) is 0 Å². The maximum absolute atomic E-state index is 13.2. The van der Waals surface area contributed by atoms with E-state index in [4.69, 9.17) is 16.6 Å². The maximum Gasteiger partial charge on any atom is 0.325 e. The molecule has 0 spiro atoms. The van der Waals surface area contributed by atoms with E-state index in [9.17, 15) is 27.2 Å². The summed E-state index contributed by atoms with van der Waals surface area (Å²) in [5.74, 6) is -1.26. The Morgan fingerprint density at radius 3 is 2.45 bits per heavy atom. The topological polar surface area (TPSA) is 120 Å². The van der Waals surface area contributed by atoms with E-state index in [-0.39, 0.29) is 23.9 Å². The standard InChI is InChI=1S/C27H33ClFN5O5S/c1-3-5-24(35)21-16-22(28)26(30-23(21)17-34-13-4-6-25(34)36)33-14-11-18(12-15-33)27(37)31-40(38,39)32(2)20-9-7-19(29)8-10-20/h7-10,16,18H,3-6,11-15,17H2,1-2H3,(H,31,37). The molecule has 2 saturated heterocycles. The molecule has 216 valence electrons. The van der Waals surface area contributed by atoms with Crippen molar-refractivity contribution in [2.24, 2.45) is 5.92 Å². The minimum Gasteiger partial charge on any atom is -0.355 e. The molecule has 3 heterocycles. The zero-order chi connectivity index (χ0) is 29.0. The lowest BCUT2D eigenvalue weighted by molar-refractivity contribution is -0.128. The molecule has 1 aromatic carbocycles. The lowest BCUT2D eigenvalue weighted by Crippen LogP contribution is -2.47. The molecule has 10 nitrogen and oxygen atoms in total. The molecule has 0 saturated carbocycles. The summed E-state index contributed by atoms with van der Waals surface area (Å²) in [6.45, 7) is 3.54. The number of likely N-dealkylation sites (tertiary alicyclic amines) is 1. The summed E-state index contributed by atoms with van der Waals surface area (Å²) in [4.78, 5) is 46.3. The van der Waals surface area contributed by atoms with Crippen molar-refractivity contribution in [1.82, 2.24) is 14.6 Å². The van der Waals surface area contributed by atoms with Crippen LogP contribution in [0.5, 0.6) is 0 Å². The fourth-order valence-electron chi connectivity index (χ4n) is 4.94. The molecule has 0 atom stereocenters. The third kappa shape index (κ3) is 6.72. The first-order valence-corrected chi connectivity index (χ1v) is 15.1. The second-order valence-corrected chi connectivity index (χ2v) is 12.2. The van der Waals surface area contributed by atoms with Gasteiger partial charge in [0.1, 0.15) is 11.6 Å². The third-order valence-corrected chi connectivity index (χ3v) is 8.94. The zero-order valence-electron chi connectivity index (χ0n) is 22.5. The number of rotatable bonds is 10. The summed E-state index contributed by atoms with van der Waals surface area (Å²) in [5.41, 5.74) is 1.13. The van der Waals surface area contributed by atoms with Crippen molar-refractivity contribution >= 4 is 50.9 Å². The number of hydrogen-bond donors (Lipinski definition) is 1. The van der Waals surface area contributed by atoms with Gasteiger partial charge in [-0.15, -0.1) is 0 Å². The summed E-state index contributed by atoms with van der Waals surface area (Å²) >= 11 is 6.59. The quantitative estimate of drug-likeness (QED) is 0.417.